The van der Waals surface area contributed by atoms with E-state index in [0.717, 1.165) is 51.4 Å². The molecule has 0 aliphatic carbocycles. The molecule has 4 unspecified atom stereocenters. The van der Waals surface area contributed by atoms with Gasteiger partial charge in [0.25, 0.3) is 0 Å². The number of ether oxygens (including phenoxy) is 1. The molecular weight excluding hydrogens is 515 g/mol. The molecule has 0 rings (SSSR count). The Labute approximate surface area is 227 Å². The van der Waals surface area contributed by atoms with Crippen LogP contribution >= 0.6 is 8.46 Å². The van der Waals surface area contributed by atoms with Crippen LogP contribution in [0.1, 0.15) is 137 Å². The molecule has 0 bridgehead atoms. The lowest BCUT2D eigenvalue weighted by atomic mass is 10.1. The lowest BCUT2D eigenvalue weighted by molar-refractivity contribution is -0.402. The molecule has 0 saturated carbocycles. The van der Waals surface area contributed by atoms with Crippen molar-refractivity contribution in [2.75, 3.05) is 12.4 Å². The fourth-order valence-corrected chi connectivity index (χ4v) is 6.66. The van der Waals surface area contributed by atoms with Gasteiger partial charge in [0.2, 0.25) is 0 Å². The molecule has 8 nitrogen and oxygen atoms in total. The van der Waals surface area contributed by atoms with E-state index < -0.39 is 41.1 Å². The summed E-state index contributed by atoms with van der Waals surface area (Å²) in [5.74, 6) is -1.51. The molecule has 220 valence electrons. The number of carboxylic acid groups (broad SMARTS) is 1. The zero-order valence-corrected chi connectivity index (χ0v) is 25.6. The molecular formula is C27H54O8PS+. The number of carbonyl (C=O) groups is 1. The Bertz CT molecular complexity index is 688. The van der Waals surface area contributed by atoms with Crippen LogP contribution in [0.4, 0.5) is 0 Å². The second-order valence-electron chi connectivity index (χ2n) is 10.0. The topological polar surface area (TPSA) is 116 Å². The van der Waals surface area contributed by atoms with Crippen molar-refractivity contribution in [3.05, 3.63) is 0 Å². The monoisotopic (exact) mass is 569 g/mol. The largest absolute Gasteiger partial charge is 0.497 e. The number of rotatable bonds is 27. The summed E-state index contributed by atoms with van der Waals surface area (Å²) < 4.78 is 43.5. The van der Waals surface area contributed by atoms with Crippen LogP contribution in [0.5, 0.6) is 0 Å². The van der Waals surface area contributed by atoms with E-state index in [0.29, 0.717) is 19.3 Å². The Balaban J connectivity index is 5.04. The van der Waals surface area contributed by atoms with Crippen LogP contribution in [-0.2, 0) is 33.7 Å². The maximum absolute atomic E-state index is 13.3. The third kappa shape index (κ3) is 16.2. The minimum absolute atomic E-state index is 0.0113. The predicted molar refractivity (Wildman–Crippen MR) is 150 cm³/mol. The van der Waals surface area contributed by atoms with Gasteiger partial charge in [-0.2, -0.15) is 0 Å². The first-order chi connectivity index (χ1) is 17.7. The number of hydrogen-bond donors (Lipinski definition) is 1. The predicted octanol–water partition coefficient (Wildman–Crippen LogP) is 7.58. The highest BCUT2D eigenvalue weighted by Gasteiger charge is 2.54. The quantitative estimate of drug-likeness (QED) is 0.0354. The first-order valence-corrected chi connectivity index (χ1v) is 17.2. The number of unbranched alkanes of at least 4 members (excludes halogenated alkanes) is 13. The third-order valence-corrected chi connectivity index (χ3v) is 9.71. The summed E-state index contributed by atoms with van der Waals surface area (Å²) in [5.41, 5.74) is -2.46. The average Bonchev–Trinajstić information content (AvgIpc) is 2.87. The summed E-state index contributed by atoms with van der Waals surface area (Å²) in [6, 6.07) is 0. The molecule has 4 atom stereocenters. The summed E-state index contributed by atoms with van der Waals surface area (Å²) in [7, 11) is -4.98. The first kappa shape index (κ1) is 36.4. The van der Waals surface area contributed by atoms with Gasteiger partial charge < -0.3 is 5.11 Å². The molecule has 0 aromatic rings. The van der Waals surface area contributed by atoms with Crippen LogP contribution in [0.25, 0.3) is 0 Å². The lowest BCUT2D eigenvalue weighted by Gasteiger charge is -2.25. The van der Waals surface area contributed by atoms with Gasteiger partial charge in [-0.1, -0.05) is 115 Å². The SMILES string of the molecule is CCCCCCCCCCCS(=O)(=O)C(CCCCCCCC)C(C)OOC(OCCC)([PH+]=O)C(=O)O. The van der Waals surface area contributed by atoms with Gasteiger partial charge in [-0.3, -0.25) is 4.74 Å². The van der Waals surface area contributed by atoms with Gasteiger partial charge in [0.1, 0.15) is 6.10 Å². The zero-order valence-electron chi connectivity index (χ0n) is 23.8. The molecule has 1 N–H and O–H groups in total. The van der Waals surface area contributed by atoms with Gasteiger partial charge in [0, 0.05) is 0 Å². The molecule has 0 heterocycles. The fraction of sp³-hybridized carbons (Fsp3) is 0.963. The number of carboxylic acids is 1. The van der Waals surface area contributed by atoms with Crippen LogP contribution in [0.3, 0.4) is 0 Å². The Kier molecular flexibility index (Phi) is 21.9. The van der Waals surface area contributed by atoms with E-state index in [1.54, 1.807) is 13.8 Å². The molecule has 0 radical (unpaired) electrons. The highest BCUT2D eigenvalue weighted by atomic mass is 32.2. The molecule has 0 saturated heterocycles. The normalized spacial score (nSPS) is 15.5. The molecule has 0 amide bonds. The average molecular weight is 570 g/mol. The summed E-state index contributed by atoms with van der Waals surface area (Å²) in [4.78, 5) is 22.1. The molecule has 0 aliphatic heterocycles. The van der Waals surface area contributed by atoms with Crippen molar-refractivity contribution in [2.24, 2.45) is 0 Å². The highest BCUT2D eigenvalue weighted by molar-refractivity contribution is 7.92. The Hall–Kier alpha value is -0.600. The van der Waals surface area contributed by atoms with E-state index >= 15 is 0 Å². The minimum Gasteiger partial charge on any atom is -0.474 e. The first-order valence-electron chi connectivity index (χ1n) is 14.5. The van der Waals surface area contributed by atoms with Crippen LogP contribution < -0.4 is 0 Å². The smallest absolute Gasteiger partial charge is 0.474 e. The molecule has 0 spiro atoms. The van der Waals surface area contributed by atoms with E-state index in [4.69, 9.17) is 14.5 Å². The van der Waals surface area contributed by atoms with E-state index in [2.05, 4.69) is 13.8 Å². The summed E-state index contributed by atoms with van der Waals surface area (Å²) >= 11 is 0. The van der Waals surface area contributed by atoms with E-state index in [1.807, 2.05) is 0 Å². The maximum atomic E-state index is 13.3. The van der Waals surface area contributed by atoms with Crippen molar-refractivity contribution < 1.29 is 37.4 Å². The molecule has 0 aromatic heterocycles. The van der Waals surface area contributed by atoms with Gasteiger partial charge in [-0.25, -0.2) is 18.1 Å². The molecule has 0 aliphatic rings. The number of sulfone groups is 1. The van der Waals surface area contributed by atoms with Crippen molar-refractivity contribution in [3.8, 4) is 0 Å². The fourth-order valence-electron chi connectivity index (χ4n) is 4.26. The summed E-state index contributed by atoms with van der Waals surface area (Å²) in [5, 5.41) is 8.68. The van der Waals surface area contributed by atoms with Gasteiger partial charge in [0.05, 0.1) is 17.6 Å². The second-order valence-corrected chi connectivity index (χ2v) is 13.2. The molecule has 10 heteroatoms. The van der Waals surface area contributed by atoms with Gasteiger partial charge in [-0.15, -0.1) is 4.89 Å². The number of aliphatic carboxylic acids is 1. The van der Waals surface area contributed by atoms with Crippen molar-refractivity contribution >= 4 is 24.3 Å². The maximum Gasteiger partial charge on any atom is 0.497 e. The molecule has 0 fully saturated rings. The van der Waals surface area contributed by atoms with Gasteiger partial charge in [0.15, 0.2) is 9.84 Å². The van der Waals surface area contributed by atoms with Crippen molar-refractivity contribution in [1.82, 2.24) is 0 Å². The summed E-state index contributed by atoms with van der Waals surface area (Å²) in [6.07, 6.45) is 15.9. The lowest BCUT2D eigenvalue weighted by Crippen LogP contribution is -2.43. The van der Waals surface area contributed by atoms with E-state index in [-0.39, 0.29) is 12.4 Å². The highest BCUT2D eigenvalue weighted by Crippen LogP contribution is 2.30. The number of hydrogen-bond acceptors (Lipinski definition) is 7. The van der Waals surface area contributed by atoms with Crippen LogP contribution in [0, 0.1) is 0 Å². The van der Waals surface area contributed by atoms with Crippen molar-refractivity contribution in [3.63, 3.8) is 0 Å². The van der Waals surface area contributed by atoms with Crippen molar-refractivity contribution in [2.45, 2.75) is 154 Å². The Morgan fingerprint density at radius 2 is 1.30 bits per heavy atom. The van der Waals surface area contributed by atoms with E-state index in [9.17, 15) is 22.9 Å². The molecule has 0 aromatic carbocycles. The second kappa shape index (κ2) is 22.2. The van der Waals surface area contributed by atoms with Crippen LogP contribution in [-0.4, -0.2) is 48.7 Å². The third-order valence-electron chi connectivity index (χ3n) is 6.60. The van der Waals surface area contributed by atoms with Crippen LogP contribution in [0.15, 0.2) is 0 Å². The molecule has 37 heavy (non-hydrogen) atoms. The van der Waals surface area contributed by atoms with Crippen molar-refractivity contribution in [1.29, 1.82) is 0 Å². The van der Waals surface area contributed by atoms with E-state index in [1.165, 1.54) is 38.5 Å². The van der Waals surface area contributed by atoms with Gasteiger partial charge in [-0.05, 0) is 26.2 Å². The Morgan fingerprint density at radius 1 is 0.811 bits per heavy atom. The minimum atomic E-state index is -3.50. The van der Waals surface area contributed by atoms with Gasteiger partial charge >= 0.3 is 20.0 Å². The zero-order chi connectivity index (χ0) is 28.0. The standard InChI is InChI=1S/C27H53O8PS/c1-5-8-10-12-14-15-16-18-20-23-37(31,32)25(21-19-17-13-11-9-6-2)24(4)34-35-27(36-30,26(28)29)33-22-7-3/h24-25H,5-23H2,1-4H3,(H,28,29)/p+1. The van der Waals surface area contributed by atoms with Crippen LogP contribution in [0.2, 0.25) is 0 Å². The Morgan fingerprint density at radius 3 is 1.76 bits per heavy atom. The summed E-state index contributed by atoms with van der Waals surface area (Å²) in [6.45, 7) is 7.70.